The maximum Gasteiger partial charge on any atom is 0.251 e. The smallest absolute Gasteiger partial charge is 0.251 e. The molecular formula is C21H23N3O3S2. The van der Waals surface area contributed by atoms with E-state index in [0.717, 1.165) is 6.54 Å². The van der Waals surface area contributed by atoms with Crippen molar-refractivity contribution in [3.05, 3.63) is 65.0 Å². The number of nitrogens with one attached hydrogen (secondary N) is 1. The van der Waals surface area contributed by atoms with E-state index in [2.05, 4.69) is 33.8 Å². The molecule has 0 unspecified atom stereocenters. The second-order valence-electron chi connectivity index (χ2n) is 7.04. The minimum Gasteiger partial charge on any atom is -0.355 e. The molecule has 1 saturated heterocycles. The highest BCUT2D eigenvalue weighted by molar-refractivity contribution is 7.89. The predicted molar refractivity (Wildman–Crippen MR) is 116 cm³/mol. The number of fused-ring (bicyclic) bond motifs is 1. The summed E-state index contributed by atoms with van der Waals surface area (Å²) in [6.45, 7) is 3.14. The Morgan fingerprint density at radius 3 is 2.41 bits per heavy atom. The molecule has 3 aromatic rings. The van der Waals surface area contributed by atoms with E-state index >= 15 is 0 Å². The molecule has 1 amide bonds. The minimum absolute atomic E-state index is 0.224. The molecule has 152 valence electrons. The fourth-order valence-corrected chi connectivity index (χ4v) is 5.97. The van der Waals surface area contributed by atoms with Crippen LogP contribution < -0.4 is 5.32 Å². The van der Waals surface area contributed by atoms with E-state index in [-0.39, 0.29) is 10.8 Å². The molecule has 1 aromatic heterocycles. The number of sulfonamides is 1. The Hall–Kier alpha value is -2.26. The zero-order valence-corrected chi connectivity index (χ0v) is 17.8. The molecule has 2 aromatic carbocycles. The average molecular weight is 430 g/mol. The van der Waals surface area contributed by atoms with Crippen molar-refractivity contribution in [3.63, 3.8) is 0 Å². The summed E-state index contributed by atoms with van der Waals surface area (Å²) in [6.07, 6.45) is 0. The van der Waals surface area contributed by atoms with Crippen LogP contribution in [0.15, 0.2) is 58.8 Å². The minimum atomic E-state index is -3.55. The van der Waals surface area contributed by atoms with Gasteiger partial charge in [0.05, 0.1) is 4.90 Å². The fraction of sp³-hybridized carbons (Fsp3) is 0.286. The van der Waals surface area contributed by atoms with Gasteiger partial charge in [0.1, 0.15) is 0 Å². The van der Waals surface area contributed by atoms with Crippen molar-refractivity contribution in [1.82, 2.24) is 14.5 Å². The Bertz CT molecular complexity index is 1120. The largest absolute Gasteiger partial charge is 0.355 e. The van der Waals surface area contributed by atoms with Gasteiger partial charge in [-0.15, -0.1) is 11.3 Å². The number of piperazine rings is 1. The fourth-order valence-electron chi connectivity index (χ4n) is 3.60. The van der Waals surface area contributed by atoms with Crippen LogP contribution in [0.2, 0.25) is 0 Å². The third kappa shape index (κ3) is 4.06. The molecule has 1 N–H and O–H groups in total. The van der Waals surface area contributed by atoms with E-state index in [1.165, 1.54) is 32.1 Å². The van der Waals surface area contributed by atoms with Gasteiger partial charge in [0.15, 0.2) is 0 Å². The van der Waals surface area contributed by atoms with Gasteiger partial charge in [-0.1, -0.05) is 18.2 Å². The zero-order valence-electron chi connectivity index (χ0n) is 16.2. The molecule has 6 nitrogen and oxygen atoms in total. The van der Waals surface area contributed by atoms with Crippen LogP contribution in [0.4, 0.5) is 0 Å². The second kappa shape index (κ2) is 8.23. The lowest BCUT2D eigenvalue weighted by Gasteiger charge is -2.33. The standard InChI is InChI=1S/C21H23N3O3S2/c1-22-21(25)16-6-8-18(9-7-16)29(26,27)24-12-10-23(11-13-24)14-17-15-28-20-5-3-2-4-19(17)20/h2-9,15H,10-14H2,1H3,(H,22,25). The van der Waals surface area contributed by atoms with E-state index in [4.69, 9.17) is 0 Å². The predicted octanol–water partition coefficient (Wildman–Crippen LogP) is 2.77. The summed E-state index contributed by atoms with van der Waals surface area (Å²) in [4.78, 5) is 14.2. The van der Waals surface area contributed by atoms with Gasteiger partial charge in [0, 0.05) is 50.0 Å². The van der Waals surface area contributed by atoms with E-state index in [1.54, 1.807) is 30.5 Å². The monoisotopic (exact) mass is 429 g/mol. The third-order valence-corrected chi connectivity index (χ3v) is 8.19. The highest BCUT2D eigenvalue weighted by Gasteiger charge is 2.28. The van der Waals surface area contributed by atoms with Crippen molar-refractivity contribution < 1.29 is 13.2 Å². The number of benzene rings is 2. The molecule has 0 radical (unpaired) electrons. The van der Waals surface area contributed by atoms with Crippen LogP contribution in [0.3, 0.4) is 0 Å². The quantitative estimate of drug-likeness (QED) is 0.677. The number of carbonyl (C=O) groups is 1. The van der Waals surface area contributed by atoms with Crippen molar-refractivity contribution in [2.75, 3.05) is 33.2 Å². The first-order valence-electron chi connectivity index (χ1n) is 9.49. The maximum absolute atomic E-state index is 12.9. The molecule has 0 atom stereocenters. The third-order valence-electron chi connectivity index (χ3n) is 5.27. The van der Waals surface area contributed by atoms with E-state index in [9.17, 15) is 13.2 Å². The maximum atomic E-state index is 12.9. The summed E-state index contributed by atoms with van der Waals surface area (Å²) in [6, 6.07) is 14.5. The van der Waals surface area contributed by atoms with Crippen LogP contribution in [0.1, 0.15) is 15.9 Å². The summed E-state index contributed by atoms with van der Waals surface area (Å²) in [5, 5.41) is 6.01. The molecule has 0 aliphatic carbocycles. The van der Waals surface area contributed by atoms with Gasteiger partial charge < -0.3 is 5.32 Å². The summed E-state index contributed by atoms with van der Waals surface area (Å²) in [5.41, 5.74) is 1.74. The number of hydrogen-bond donors (Lipinski definition) is 1. The van der Waals surface area contributed by atoms with Crippen molar-refractivity contribution in [3.8, 4) is 0 Å². The Morgan fingerprint density at radius 2 is 1.72 bits per heavy atom. The molecule has 1 fully saturated rings. The highest BCUT2D eigenvalue weighted by atomic mass is 32.2. The van der Waals surface area contributed by atoms with Gasteiger partial charge in [-0.2, -0.15) is 4.31 Å². The highest BCUT2D eigenvalue weighted by Crippen LogP contribution is 2.27. The van der Waals surface area contributed by atoms with Crippen molar-refractivity contribution in [2.45, 2.75) is 11.4 Å². The molecule has 1 aliphatic rings. The summed E-state index contributed by atoms with van der Waals surface area (Å²) < 4.78 is 28.7. The Labute approximate surface area is 174 Å². The molecule has 0 spiro atoms. The van der Waals surface area contributed by atoms with E-state index < -0.39 is 10.0 Å². The number of thiophene rings is 1. The molecule has 0 bridgehead atoms. The number of rotatable bonds is 5. The molecule has 4 rings (SSSR count). The van der Waals surface area contributed by atoms with Gasteiger partial charge in [0.25, 0.3) is 5.91 Å². The first-order chi connectivity index (χ1) is 14.0. The van der Waals surface area contributed by atoms with E-state index in [1.807, 2.05) is 6.07 Å². The van der Waals surface area contributed by atoms with Gasteiger partial charge in [-0.3, -0.25) is 9.69 Å². The van der Waals surface area contributed by atoms with E-state index in [0.29, 0.717) is 31.7 Å². The second-order valence-corrected chi connectivity index (χ2v) is 9.89. The molecule has 29 heavy (non-hydrogen) atoms. The summed E-state index contributed by atoms with van der Waals surface area (Å²) in [7, 11) is -2.01. The lowest BCUT2D eigenvalue weighted by atomic mass is 10.1. The Balaban J connectivity index is 1.41. The van der Waals surface area contributed by atoms with Crippen molar-refractivity contribution >= 4 is 37.4 Å². The lowest BCUT2D eigenvalue weighted by molar-refractivity contribution is 0.0963. The van der Waals surface area contributed by atoms with Crippen molar-refractivity contribution in [1.29, 1.82) is 0 Å². The van der Waals surface area contributed by atoms with Crippen LogP contribution in [0, 0.1) is 0 Å². The average Bonchev–Trinajstić information content (AvgIpc) is 3.16. The Kier molecular flexibility index (Phi) is 5.69. The first kappa shape index (κ1) is 20.0. The van der Waals surface area contributed by atoms with Crippen LogP contribution in [-0.2, 0) is 16.6 Å². The molecule has 8 heteroatoms. The summed E-state index contributed by atoms with van der Waals surface area (Å²) >= 11 is 1.75. The number of amides is 1. The number of carbonyl (C=O) groups excluding carboxylic acids is 1. The Morgan fingerprint density at radius 1 is 1.03 bits per heavy atom. The van der Waals surface area contributed by atoms with Crippen LogP contribution in [0.25, 0.3) is 10.1 Å². The van der Waals surface area contributed by atoms with Gasteiger partial charge in [-0.25, -0.2) is 8.42 Å². The lowest BCUT2D eigenvalue weighted by Crippen LogP contribution is -2.48. The SMILES string of the molecule is CNC(=O)c1ccc(S(=O)(=O)N2CCN(Cc3csc4ccccc34)CC2)cc1. The molecule has 2 heterocycles. The van der Waals surface area contributed by atoms with Gasteiger partial charge >= 0.3 is 0 Å². The van der Waals surface area contributed by atoms with Gasteiger partial charge in [-0.05, 0) is 46.7 Å². The number of hydrogen-bond acceptors (Lipinski definition) is 5. The topological polar surface area (TPSA) is 69.7 Å². The molecule has 1 aliphatic heterocycles. The zero-order chi connectivity index (χ0) is 20.4. The number of nitrogens with zero attached hydrogens (tertiary/aromatic N) is 2. The summed E-state index contributed by atoms with van der Waals surface area (Å²) in [5.74, 6) is -0.233. The molecule has 0 saturated carbocycles. The normalized spacial score (nSPS) is 16.2. The van der Waals surface area contributed by atoms with Crippen LogP contribution >= 0.6 is 11.3 Å². The van der Waals surface area contributed by atoms with Crippen LogP contribution in [0.5, 0.6) is 0 Å². The molecular weight excluding hydrogens is 406 g/mol. The van der Waals surface area contributed by atoms with Crippen molar-refractivity contribution in [2.24, 2.45) is 0 Å². The first-order valence-corrected chi connectivity index (χ1v) is 11.8. The van der Waals surface area contributed by atoms with Crippen LogP contribution in [-0.4, -0.2) is 56.8 Å². The van der Waals surface area contributed by atoms with Gasteiger partial charge in [0.2, 0.25) is 10.0 Å².